The predicted octanol–water partition coefficient (Wildman–Crippen LogP) is 4.33. The first-order valence-corrected chi connectivity index (χ1v) is 7.34. The molecule has 120 valence electrons. The van der Waals surface area contributed by atoms with Crippen molar-refractivity contribution in [2.24, 2.45) is 0 Å². The molecule has 2 rings (SSSR count). The lowest BCUT2D eigenvalue weighted by Crippen LogP contribution is -1.99. The Labute approximate surface area is 139 Å². The zero-order valence-electron chi connectivity index (χ0n) is 12.9. The number of ether oxygens (including phenoxy) is 2. The van der Waals surface area contributed by atoms with Crippen LogP contribution in [0.25, 0.3) is 6.08 Å². The minimum absolute atomic E-state index is 0.305. The van der Waals surface area contributed by atoms with Crippen molar-refractivity contribution in [1.82, 2.24) is 0 Å². The Kier molecular flexibility index (Phi) is 5.66. The highest BCUT2D eigenvalue weighted by atomic mass is 35.5. The smallest absolute Gasteiger partial charge is 0.328 e. The van der Waals surface area contributed by atoms with Crippen molar-refractivity contribution in [3.63, 3.8) is 0 Å². The summed E-state index contributed by atoms with van der Waals surface area (Å²) in [6, 6.07) is 10.9. The molecule has 0 aliphatic rings. The minimum atomic E-state index is -0.991. The van der Waals surface area contributed by atoms with Crippen LogP contribution in [0.2, 0.25) is 5.02 Å². The predicted molar refractivity (Wildman–Crippen MR) is 90.2 cm³/mol. The summed E-state index contributed by atoms with van der Waals surface area (Å²) in [4.78, 5) is 10.6. The molecular formula is C18H17ClO4. The number of hydrogen-bond donors (Lipinski definition) is 1. The van der Waals surface area contributed by atoms with E-state index in [9.17, 15) is 4.79 Å². The molecule has 0 amide bonds. The van der Waals surface area contributed by atoms with Crippen molar-refractivity contribution < 1.29 is 19.4 Å². The van der Waals surface area contributed by atoms with Gasteiger partial charge in [-0.05, 0) is 54.5 Å². The molecule has 0 aliphatic heterocycles. The summed E-state index contributed by atoms with van der Waals surface area (Å²) in [5.41, 5.74) is 2.53. The molecule has 0 spiro atoms. The molecule has 0 heterocycles. The van der Waals surface area contributed by atoms with Gasteiger partial charge in [0, 0.05) is 16.7 Å². The van der Waals surface area contributed by atoms with Crippen LogP contribution in [0.15, 0.2) is 42.5 Å². The number of aryl methyl sites for hydroxylation is 1. The number of halogens is 1. The van der Waals surface area contributed by atoms with Gasteiger partial charge in [0.15, 0.2) is 0 Å². The van der Waals surface area contributed by atoms with Gasteiger partial charge in [0.2, 0.25) is 0 Å². The molecule has 0 unspecified atom stereocenters. The number of benzene rings is 2. The number of carboxylic acid groups (broad SMARTS) is 1. The molecule has 0 atom stereocenters. The molecular weight excluding hydrogens is 316 g/mol. The number of hydrogen-bond acceptors (Lipinski definition) is 3. The van der Waals surface area contributed by atoms with E-state index >= 15 is 0 Å². The van der Waals surface area contributed by atoms with Crippen LogP contribution in [0.3, 0.4) is 0 Å². The van der Waals surface area contributed by atoms with Crippen LogP contribution in [0.5, 0.6) is 11.5 Å². The molecule has 0 aromatic heterocycles. The van der Waals surface area contributed by atoms with E-state index in [-0.39, 0.29) is 0 Å². The average molecular weight is 333 g/mol. The van der Waals surface area contributed by atoms with E-state index in [0.717, 1.165) is 22.8 Å². The van der Waals surface area contributed by atoms with Gasteiger partial charge in [-0.15, -0.1) is 0 Å². The van der Waals surface area contributed by atoms with E-state index in [4.69, 9.17) is 26.2 Å². The molecule has 2 aromatic rings. The highest BCUT2D eigenvalue weighted by molar-refractivity contribution is 6.31. The fourth-order valence-corrected chi connectivity index (χ4v) is 2.17. The van der Waals surface area contributed by atoms with Crippen LogP contribution >= 0.6 is 11.6 Å². The van der Waals surface area contributed by atoms with Gasteiger partial charge in [-0.3, -0.25) is 0 Å². The second-order valence-corrected chi connectivity index (χ2v) is 5.35. The van der Waals surface area contributed by atoms with Gasteiger partial charge in [-0.25, -0.2) is 4.79 Å². The van der Waals surface area contributed by atoms with Crippen molar-refractivity contribution in [2.75, 3.05) is 7.11 Å². The van der Waals surface area contributed by atoms with Crippen molar-refractivity contribution >= 4 is 23.6 Å². The van der Waals surface area contributed by atoms with E-state index in [0.29, 0.717) is 23.1 Å². The molecule has 0 saturated heterocycles. The van der Waals surface area contributed by atoms with E-state index in [2.05, 4.69) is 0 Å². The maximum absolute atomic E-state index is 10.6. The first kappa shape index (κ1) is 16.9. The van der Waals surface area contributed by atoms with E-state index < -0.39 is 5.97 Å². The van der Waals surface area contributed by atoms with Crippen molar-refractivity contribution in [1.29, 1.82) is 0 Å². The summed E-state index contributed by atoms with van der Waals surface area (Å²) in [6.07, 6.45) is 2.62. The zero-order valence-corrected chi connectivity index (χ0v) is 13.6. The number of rotatable bonds is 6. The van der Waals surface area contributed by atoms with E-state index in [1.54, 1.807) is 31.4 Å². The third-order valence-corrected chi connectivity index (χ3v) is 3.67. The van der Waals surface area contributed by atoms with E-state index in [1.807, 2.05) is 19.1 Å². The Hall–Kier alpha value is -2.46. The van der Waals surface area contributed by atoms with Crippen molar-refractivity contribution in [3.8, 4) is 11.5 Å². The largest absolute Gasteiger partial charge is 0.496 e. The highest BCUT2D eigenvalue weighted by Gasteiger charge is 2.06. The SMILES string of the molecule is COc1ccc(/C=C/C(=O)O)cc1COc1ccc(Cl)c(C)c1. The van der Waals surface area contributed by atoms with Gasteiger partial charge in [0.25, 0.3) is 0 Å². The van der Waals surface area contributed by atoms with Gasteiger partial charge < -0.3 is 14.6 Å². The lowest BCUT2D eigenvalue weighted by atomic mass is 10.1. The van der Waals surface area contributed by atoms with E-state index in [1.165, 1.54) is 6.08 Å². The normalized spacial score (nSPS) is 10.7. The first-order chi connectivity index (χ1) is 11.0. The third kappa shape index (κ3) is 4.76. The molecule has 2 aromatic carbocycles. The molecule has 0 fully saturated rings. The number of carboxylic acids is 1. The Bertz CT molecular complexity index is 738. The summed E-state index contributed by atoms with van der Waals surface area (Å²) in [7, 11) is 1.58. The lowest BCUT2D eigenvalue weighted by Gasteiger charge is -2.12. The summed E-state index contributed by atoms with van der Waals surface area (Å²) in [6.45, 7) is 2.21. The molecule has 0 aliphatic carbocycles. The highest BCUT2D eigenvalue weighted by Crippen LogP contribution is 2.25. The quantitative estimate of drug-likeness (QED) is 0.800. The third-order valence-electron chi connectivity index (χ3n) is 3.25. The van der Waals surface area contributed by atoms with Gasteiger partial charge in [0.05, 0.1) is 7.11 Å². The molecule has 4 nitrogen and oxygen atoms in total. The van der Waals surface area contributed by atoms with Gasteiger partial charge in [-0.2, -0.15) is 0 Å². The summed E-state index contributed by atoms with van der Waals surface area (Å²) < 4.78 is 11.1. The van der Waals surface area contributed by atoms with Gasteiger partial charge in [0.1, 0.15) is 18.1 Å². The Balaban J connectivity index is 2.18. The Morgan fingerprint density at radius 2 is 2.04 bits per heavy atom. The fraction of sp³-hybridized carbons (Fsp3) is 0.167. The average Bonchev–Trinajstić information content (AvgIpc) is 2.54. The van der Waals surface area contributed by atoms with Crippen molar-refractivity contribution in [3.05, 3.63) is 64.2 Å². The second kappa shape index (κ2) is 7.70. The lowest BCUT2D eigenvalue weighted by molar-refractivity contribution is -0.131. The van der Waals surface area contributed by atoms with Crippen LogP contribution in [-0.4, -0.2) is 18.2 Å². The number of carbonyl (C=O) groups is 1. The van der Waals surface area contributed by atoms with Crippen LogP contribution in [0.1, 0.15) is 16.7 Å². The topological polar surface area (TPSA) is 55.8 Å². The summed E-state index contributed by atoms with van der Waals surface area (Å²) >= 11 is 6.00. The monoisotopic (exact) mass is 332 g/mol. The maximum atomic E-state index is 10.6. The first-order valence-electron chi connectivity index (χ1n) is 6.96. The van der Waals surface area contributed by atoms with Crippen LogP contribution in [0.4, 0.5) is 0 Å². The summed E-state index contributed by atoms with van der Waals surface area (Å²) in [5.74, 6) is 0.402. The Morgan fingerprint density at radius 3 is 2.70 bits per heavy atom. The van der Waals surface area contributed by atoms with Gasteiger partial charge >= 0.3 is 5.97 Å². The fourth-order valence-electron chi connectivity index (χ4n) is 2.05. The van der Waals surface area contributed by atoms with Crippen LogP contribution in [-0.2, 0) is 11.4 Å². The molecule has 0 radical (unpaired) electrons. The Morgan fingerprint density at radius 1 is 1.26 bits per heavy atom. The zero-order chi connectivity index (χ0) is 16.8. The maximum Gasteiger partial charge on any atom is 0.328 e. The molecule has 5 heteroatoms. The number of methoxy groups -OCH3 is 1. The summed E-state index contributed by atoms with van der Waals surface area (Å²) in [5, 5.41) is 9.39. The minimum Gasteiger partial charge on any atom is -0.496 e. The standard InChI is InChI=1S/C18H17ClO4/c1-12-9-15(5-6-16(12)19)23-11-14-10-13(4-8-18(20)21)3-7-17(14)22-2/h3-10H,11H2,1-2H3,(H,20,21)/b8-4+. The molecule has 1 N–H and O–H groups in total. The molecule has 0 bridgehead atoms. The van der Waals surface area contributed by atoms with Crippen LogP contribution < -0.4 is 9.47 Å². The van der Waals surface area contributed by atoms with Crippen molar-refractivity contribution in [2.45, 2.75) is 13.5 Å². The molecule has 0 saturated carbocycles. The van der Waals surface area contributed by atoms with Crippen LogP contribution in [0, 0.1) is 6.92 Å². The van der Waals surface area contributed by atoms with Gasteiger partial charge in [-0.1, -0.05) is 17.7 Å². The number of aliphatic carboxylic acids is 1. The second-order valence-electron chi connectivity index (χ2n) is 4.94. The molecule has 23 heavy (non-hydrogen) atoms.